The molecule has 1 N–H and O–H groups in total. The third-order valence-corrected chi connectivity index (χ3v) is 5.51. The molecule has 2 heterocycles. The number of hydrogen-bond donors (Lipinski definition) is 1. The van der Waals surface area contributed by atoms with E-state index in [2.05, 4.69) is 10.2 Å². The highest BCUT2D eigenvalue weighted by molar-refractivity contribution is 5.98. The van der Waals surface area contributed by atoms with Crippen molar-refractivity contribution in [1.82, 2.24) is 15.1 Å². The van der Waals surface area contributed by atoms with Crippen LogP contribution in [0, 0.1) is 5.92 Å². The van der Waals surface area contributed by atoms with Crippen molar-refractivity contribution in [2.75, 3.05) is 19.6 Å². The van der Waals surface area contributed by atoms with Crippen LogP contribution >= 0.6 is 0 Å². The topological polar surface area (TPSA) is 52.7 Å². The largest absolute Gasteiger partial charge is 0.340 e. The van der Waals surface area contributed by atoms with Crippen LogP contribution < -0.4 is 5.32 Å². The summed E-state index contributed by atoms with van der Waals surface area (Å²) >= 11 is 0. The van der Waals surface area contributed by atoms with Crippen LogP contribution in [0.2, 0.25) is 0 Å². The quantitative estimate of drug-likeness (QED) is 0.810. The average molecular weight is 277 g/mol. The van der Waals surface area contributed by atoms with Crippen molar-refractivity contribution in [2.45, 2.75) is 56.7 Å². The number of carbonyl (C=O) groups is 2. The molecule has 2 amide bonds. The molecule has 0 spiro atoms. The van der Waals surface area contributed by atoms with Crippen LogP contribution in [0.4, 0.5) is 0 Å². The predicted molar refractivity (Wildman–Crippen MR) is 74.0 cm³/mol. The summed E-state index contributed by atoms with van der Waals surface area (Å²) in [6.45, 7) is 4.22. The van der Waals surface area contributed by atoms with Gasteiger partial charge in [-0.1, -0.05) is 0 Å². The zero-order valence-electron chi connectivity index (χ0n) is 12.1. The molecule has 0 aromatic rings. The number of nitrogens with zero attached hydrogens (tertiary/aromatic N) is 2. The summed E-state index contributed by atoms with van der Waals surface area (Å²) in [5.41, 5.74) is -0.637. The van der Waals surface area contributed by atoms with Gasteiger partial charge in [0.1, 0.15) is 5.54 Å². The first-order valence-corrected chi connectivity index (χ1v) is 7.94. The molecule has 0 aromatic heterocycles. The van der Waals surface area contributed by atoms with Gasteiger partial charge in [-0.25, -0.2) is 0 Å². The molecule has 2 atom stereocenters. The third-order valence-electron chi connectivity index (χ3n) is 5.51. The molecule has 0 bridgehead atoms. The van der Waals surface area contributed by atoms with E-state index in [1.807, 2.05) is 11.8 Å². The number of piperazine rings is 1. The zero-order valence-corrected chi connectivity index (χ0v) is 12.1. The van der Waals surface area contributed by atoms with E-state index in [0.29, 0.717) is 5.92 Å². The molecule has 4 aliphatic rings. The maximum Gasteiger partial charge on any atom is 0.249 e. The minimum atomic E-state index is -0.637. The summed E-state index contributed by atoms with van der Waals surface area (Å²) in [4.78, 5) is 29.3. The Balaban J connectivity index is 1.51. The molecule has 110 valence electrons. The molecular formula is C15H23N3O2. The Kier molecular flexibility index (Phi) is 2.65. The van der Waals surface area contributed by atoms with Crippen molar-refractivity contribution in [3.8, 4) is 0 Å². The van der Waals surface area contributed by atoms with Crippen LogP contribution in [0.1, 0.15) is 39.0 Å². The Morgan fingerprint density at radius 3 is 2.50 bits per heavy atom. The molecule has 0 aromatic carbocycles. The number of amides is 2. The summed E-state index contributed by atoms with van der Waals surface area (Å²) in [6, 6.07) is 0.996. The number of carbonyl (C=O) groups excluding carboxylic acids is 2. The summed E-state index contributed by atoms with van der Waals surface area (Å²) in [5, 5.41) is 2.96. The van der Waals surface area contributed by atoms with E-state index < -0.39 is 5.54 Å². The van der Waals surface area contributed by atoms with Crippen LogP contribution in [-0.2, 0) is 9.59 Å². The number of hydrogen-bond acceptors (Lipinski definition) is 3. The van der Waals surface area contributed by atoms with Crippen LogP contribution in [0.25, 0.3) is 0 Å². The van der Waals surface area contributed by atoms with Gasteiger partial charge in [0.15, 0.2) is 0 Å². The highest BCUT2D eigenvalue weighted by atomic mass is 16.2. The lowest BCUT2D eigenvalue weighted by Gasteiger charge is -2.42. The van der Waals surface area contributed by atoms with Gasteiger partial charge < -0.3 is 10.2 Å². The molecule has 4 rings (SSSR count). The van der Waals surface area contributed by atoms with E-state index in [-0.39, 0.29) is 24.4 Å². The van der Waals surface area contributed by atoms with E-state index >= 15 is 0 Å². The van der Waals surface area contributed by atoms with E-state index in [9.17, 15) is 9.59 Å². The second-order valence-corrected chi connectivity index (χ2v) is 7.13. The Morgan fingerprint density at radius 1 is 1.10 bits per heavy atom. The third kappa shape index (κ3) is 1.94. The molecule has 5 nitrogen and oxygen atoms in total. The lowest BCUT2D eigenvalue weighted by Crippen LogP contribution is -2.68. The van der Waals surface area contributed by atoms with Gasteiger partial charge in [-0.2, -0.15) is 0 Å². The van der Waals surface area contributed by atoms with Gasteiger partial charge in [0.25, 0.3) is 0 Å². The van der Waals surface area contributed by atoms with Gasteiger partial charge in [-0.3, -0.25) is 14.5 Å². The first-order valence-electron chi connectivity index (χ1n) is 7.94. The second-order valence-electron chi connectivity index (χ2n) is 7.13. The molecule has 2 aliphatic carbocycles. The maximum atomic E-state index is 12.8. The average Bonchev–Trinajstić information content (AvgIpc) is 3.31. The van der Waals surface area contributed by atoms with Crippen molar-refractivity contribution >= 4 is 11.8 Å². The van der Waals surface area contributed by atoms with Crippen molar-refractivity contribution in [3.63, 3.8) is 0 Å². The van der Waals surface area contributed by atoms with E-state index in [0.717, 1.165) is 38.4 Å². The summed E-state index contributed by atoms with van der Waals surface area (Å²) in [5.74, 6) is 0.522. The van der Waals surface area contributed by atoms with Gasteiger partial charge in [-0.15, -0.1) is 0 Å². The molecule has 0 radical (unpaired) electrons. The Labute approximate surface area is 119 Å². The minimum Gasteiger partial charge on any atom is -0.340 e. The normalized spacial score (nSPS) is 39.2. The highest BCUT2D eigenvalue weighted by Gasteiger charge is 2.54. The fraction of sp³-hybridized carbons (Fsp3) is 0.867. The Morgan fingerprint density at radius 2 is 1.85 bits per heavy atom. The number of likely N-dealkylation sites (tertiary alicyclic amines) is 1. The van der Waals surface area contributed by atoms with E-state index in [1.165, 1.54) is 12.8 Å². The molecule has 2 aliphatic heterocycles. The molecule has 2 unspecified atom stereocenters. The molecule has 20 heavy (non-hydrogen) atoms. The molecule has 5 heteroatoms. The number of nitrogens with one attached hydrogen (secondary N) is 1. The summed E-state index contributed by atoms with van der Waals surface area (Å²) in [7, 11) is 0. The Hall–Kier alpha value is -1.10. The van der Waals surface area contributed by atoms with E-state index in [1.54, 1.807) is 0 Å². The zero-order chi connectivity index (χ0) is 13.9. The predicted octanol–water partition coefficient (Wildman–Crippen LogP) is 0.350. The van der Waals surface area contributed by atoms with Gasteiger partial charge >= 0.3 is 0 Å². The molecule has 2 saturated carbocycles. The smallest absolute Gasteiger partial charge is 0.249 e. The van der Waals surface area contributed by atoms with Gasteiger partial charge in [0.05, 0.1) is 6.54 Å². The lowest BCUT2D eigenvalue weighted by molar-refractivity contribution is -0.152. The van der Waals surface area contributed by atoms with Crippen LogP contribution in [0.5, 0.6) is 0 Å². The standard InChI is InChI=1S/C15H23N3O2/c1-15(10-2-3-10)14(20)18(9-13(19)16-15)12-6-7-17(8-12)11-4-5-11/h10-12H,2-9H2,1H3,(H,16,19). The summed E-state index contributed by atoms with van der Waals surface area (Å²) in [6.07, 6.45) is 5.77. The first kappa shape index (κ1) is 12.6. The van der Waals surface area contributed by atoms with Gasteiger partial charge in [0.2, 0.25) is 11.8 Å². The van der Waals surface area contributed by atoms with E-state index in [4.69, 9.17) is 0 Å². The monoisotopic (exact) mass is 277 g/mol. The SMILES string of the molecule is CC1(C2CC2)NC(=O)CN(C2CCN(C3CC3)C2)C1=O. The van der Waals surface area contributed by atoms with Crippen molar-refractivity contribution in [1.29, 1.82) is 0 Å². The van der Waals surface area contributed by atoms with Crippen LogP contribution in [-0.4, -0.2) is 58.9 Å². The minimum absolute atomic E-state index is 0.0175. The molecule has 2 saturated heterocycles. The first-order chi connectivity index (χ1) is 9.58. The fourth-order valence-electron chi connectivity index (χ4n) is 3.93. The van der Waals surface area contributed by atoms with Gasteiger partial charge in [0, 0.05) is 25.2 Å². The highest BCUT2D eigenvalue weighted by Crippen LogP contribution is 2.42. The number of rotatable bonds is 3. The van der Waals surface area contributed by atoms with Gasteiger partial charge in [-0.05, 0) is 44.9 Å². The van der Waals surface area contributed by atoms with Crippen molar-refractivity contribution in [3.05, 3.63) is 0 Å². The fourth-order valence-corrected chi connectivity index (χ4v) is 3.93. The Bertz CT molecular complexity index is 458. The van der Waals surface area contributed by atoms with Crippen LogP contribution in [0.3, 0.4) is 0 Å². The second kappa shape index (κ2) is 4.20. The lowest BCUT2D eigenvalue weighted by atomic mass is 9.90. The van der Waals surface area contributed by atoms with Crippen molar-refractivity contribution < 1.29 is 9.59 Å². The van der Waals surface area contributed by atoms with Crippen molar-refractivity contribution in [2.24, 2.45) is 5.92 Å². The molecule has 4 fully saturated rings. The summed E-state index contributed by atoms with van der Waals surface area (Å²) < 4.78 is 0. The van der Waals surface area contributed by atoms with Crippen LogP contribution in [0.15, 0.2) is 0 Å². The molecular weight excluding hydrogens is 254 g/mol. The maximum absolute atomic E-state index is 12.8.